The minimum Gasteiger partial charge on any atom is -0.326 e. The molecule has 1 fully saturated rings. The fourth-order valence-electron chi connectivity index (χ4n) is 2.65. The Morgan fingerprint density at radius 2 is 1.89 bits per heavy atom. The number of rotatable bonds is 4. The van der Waals surface area contributed by atoms with Crippen molar-refractivity contribution in [2.24, 2.45) is 11.7 Å². The normalized spacial score (nSPS) is 23.7. The SMILES string of the molecule is CC(C)C(N)CN1CCN(C)CC1c1ccccc1. The van der Waals surface area contributed by atoms with E-state index in [2.05, 4.69) is 61.0 Å². The van der Waals surface area contributed by atoms with Crippen molar-refractivity contribution >= 4 is 0 Å². The van der Waals surface area contributed by atoms with Gasteiger partial charge in [-0.15, -0.1) is 0 Å². The standard InChI is InChI=1S/C16H27N3/c1-13(2)15(17)11-19-10-9-18(3)12-16(19)14-7-5-4-6-8-14/h4-8,13,15-16H,9-12,17H2,1-3H3. The van der Waals surface area contributed by atoms with Gasteiger partial charge in [0.25, 0.3) is 0 Å². The summed E-state index contributed by atoms with van der Waals surface area (Å²) in [5.74, 6) is 0.538. The Kier molecular flexibility index (Phi) is 4.97. The summed E-state index contributed by atoms with van der Waals surface area (Å²) in [4.78, 5) is 4.97. The molecule has 2 atom stereocenters. The van der Waals surface area contributed by atoms with Crippen LogP contribution in [-0.2, 0) is 0 Å². The van der Waals surface area contributed by atoms with E-state index in [4.69, 9.17) is 5.73 Å². The Hall–Kier alpha value is -0.900. The van der Waals surface area contributed by atoms with Gasteiger partial charge in [0.15, 0.2) is 0 Å². The largest absolute Gasteiger partial charge is 0.326 e. The molecule has 0 spiro atoms. The second kappa shape index (κ2) is 6.51. The monoisotopic (exact) mass is 261 g/mol. The Morgan fingerprint density at radius 1 is 1.21 bits per heavy atom. The zero-order chi connectivity index (χ0) is 13.8. The topological polar surface area (TPSA) is 32.5 Å². The summed E-state index contributed by atoms with van der Waals surface area (Å²) in [6.07, 6.45) is 0. The molecule has 0 amide bonds. The molecule has 0 saturated carbocycles. The zero-order valence-electron chi connectivity index (χ0n) is 12.4. The highest BCUT2D eigenvalue weighted by Gasteiger charge is 2.28. The highest BCUT2D eigenvalue weighted by molar-refractivity contribution is 5.20. The Balaban J connectivity index is 2.11. The summed E-state index contributed by atoms with van der Waals surface area (Å²) in [5.41, 5.74) is 7.67. The first kappa shape index (κ1) is 14.5. The Labute approximate surface area is 117 Å². The third-order valence-electron chi connectivity index (χ3n) is 4.18. The lowest BCUT2D eigenvalue weighted by molar-refractivity contribution is 0.0798. The van der Waals surface area contributed by atoms with E-state index in [1.54, 1.807) is 0 Å². The van der Waals surface area contributed by atoms with Crippen LogP contribution in [-0.4, -0.2) is 49.1 Å². The molecular weight excluding hydrogens is 234 g/mol. The van der Waals surface area contributed by atoms with E-state index in [9.17, 15) is 0 Å². The Bertz CT molecular complexity index is 377. The summed E-state index contributed by atoms with van der Waals surface area (Å²) in [6.45, 7) is 8.74. The van der Waals surface area contributed by atoms with Gasteiger partial charge in [0.05, 0.1) is 0 Å². The van der Waals surface area contributed by atoms with Crippen molar-refractivity contribution in [3.63, 3.8) is 0 Å². The third kappa shape index (κ3) is 3.78. The summed E-state index contributed by atoms with van der Waals surface area (Å²) >= 11 is 0. The van der Waals surface area contributed by atoms with Gasteiger partial charge in [0, 0.05) is 38.3 Å². The third-order valence-corrected chi connectivity index (χ3v) is 4.18. The first-order valence-electron chi connectivity index (χ1n) is 7.31. The molecule has 1 aromatic rings. The van der Waals surface area contributed by atoms with E-state index in [0.29, 0.717) is 12.0 Å². The molecule has 1 heterocycles. The first-order valence-corrected chi connectivity index (χ1v) is 7.31. The quantitative estimate of drug-likeness (QED) is 0.899. The first-order chi connectivity index (χ1) is 9.08. The second-order valence-corrected chi connectivity index (χ2v) is 6.09. The van der Waals surface area contributed by atoms with E-state index in [1.165, 1.54) is 5.56 Å². The van der Waals surface area contributed by atoms with E-state index in [-0.39, 0.29) is 6.04 Å². The van der Waals surface area contributed by atoms with Crippen LogP contribution in [0.1, 0.15) is 25.5 Å². The summed E-state index contributed by atoms with van der Waals surface area (Å²) in [5, 5.41) is 0. The van der Waals surface area contributed by atoms with E-state index in [1.807, 2.05) is 0 Å². The molecule has 0 aliphatic carbocycles. The van der Waals surface area contributed by atoms with Gasteiger partial charge in [-0.3, -0.25) is 4.90 Å². The minimum absolute atomic E-state index is 0.259. The molecule has 0 radical (unpaired) electrons. The fraction of sp³-hybridized carbons (Fsp3) is 0.625. The lowest BCUT2D eigenvalue weighted by Crippen LogP contribution is -2.51. The average Bonchev–Trinajstić information content (AvgIpc) is 2.41. The van der Waals surface area contributed by atoms with Crippen LogP contribution in [0.25, 0.3) is 0 Å². The maximum absolute atomic E-state index is 6.27. The number of benzene rings is 1. The predicted octanol–water partition coefficient (Wildman–Crippen LogP) is 1.96. The maximum Gasteiger partial charge on any atom is 0.0476 e. The summed E-state index contributed by atoms with van der Waals surface area (Å²) < 4.78 is 0. The van der Waals surface area contributed by atoms with E-state index >= 15 is 0 Å². The van der Waals surface area contributed by atoms with Crippen LogP contribution in [0.5, 0.6) is 0 Å². The summed E-state index contributed by atoms with van der Waals surface area (Å²) in [7, 11) is 2.20. The zero-order valence-corrected chi connectivity index (χ0v) is 12.4. The number of piperazine rings is 1. The average molecular weight is 261 g/mol. The van der Waals surface area contributed by atoms with Crippen molar-refractivity contribution in [1.82, 2.24) is 9.80 Å². The molecule has 0 aromatic heterocycles. The van der Waals surface area contributed by atoms with Crippen LogP contribution in [0, 0.1) is 5.92 Å². The smallest absolute Gasteiger partial charge is 0.0476 e. The molecule has 2 unspecified atom stereocenters. The van der Waals surface area contributed by atoms with Gasteiger partial charge in [0.1, 0.15) is 0 Å². The van der Waals surface area contributed by atoms with Gasteiger partial charge in [-0.1, -0.05) is 44.2 Å². The van der Waals surface area contributed by atoms with Crippen LogP contribution in [0.2, 0.25) is 0 Å². The molecule has 106 valence electrons. The predicted molar refractivity (Wildman–Crippen MR) is 81.1 cm³/mol. The van der Waals surface area contributed by atoms with Crippen molar-refractivity contribution in [3.8, 4) is 0 Å². The number of nitrogens with zero attached hydrogens (tertiary/aromatic N) is 2. The molecule has 3 nitrogen and oxygen atoms in total. The van der Waals surface area contributed by atoms with Gasteiger partial charge in [-0.05, 0) is 18.5 Å². The highest BCUT2D eigenvalue weighted by atomic mass is 15.3. The second-order valence-electron chi connectivity index (χ2n) is 6.09. The number of hydrogen-bond donors (Lipinski definition) is 1. The number of hydrogen-bond acceptors (Lipinski definition) is 3. The molecule has 1 saturated heterocycles. The Morgan fingerprint density at radius 3 is 2.53 bits per heavy atom. The molecule has 1 aliphatic heterocycles. The van der Waals surface area contributed by atoms with Gasteiger partial charge >= 0.3 is 0 Å². The maximum atomic E-state index is 6.27. The van der Waals surface area contributed by atoms with E-state index < -0.39 is 0 Å². The lowest BCUT2D eigenvalue weighted by atomic mass is 9.99. The highest BCUT2D eigenvalue weighted by Crippen LogP contribution is 2.25. The van der Waals surface area contributed by atoms with Crippen LogP contribution in [0.3, 0.4) is 0 Å². The van der Waals surface area contributed by atoms with Crippen molar-refractivity contribution < 1.29 is 0 Å². The van der Waals surface area contributed by atoms with Crippen molar-refractivity contribution in [1.29, 1.82) is 0 Å². The van der Waals surface area contributed by atoms with Gasteiger partial charge in [-0.25, -0.2) is 0 Å². The minimum atomic E-state index is 0.259. The fourth-order valence-corrected chi connectivity index (χ4v) is 2.65. The molecule has 1 aliphatic rings. The molecule has 2 N–H and O–H groups in total. The molecule has 19 heavy (non-hydrogen) atoms. The molecule has 0 bridgehead atoms. The van der Waals surface area contributed by atoms with Gasteiger partial charge in [-0.2, -0.15) is 0 Å². The van der Waals surface area contributed by atoms with Gasteiger partial charge < -0.3 is 10.6 Å². The molecule has 3 heteroatoms. The lowest BCUT2D eigenvalue weighted by Gasteiger charge is -2.41. The van der Waals surface area contributed by atoms with Gasteiger partial charge in [0.2, 0.25) is 0 Å². The van der Waals surface area contributed by atoms with Crippen molar-refractivity contribution in [3.05, 3.63) is 35.9 Å². The van der Waals surface area contributed by atoms with Crippen molar-refractivity contribution in [2.45, 2.75) is 25.9 Å². The van der Waals surface area contributed by atoms with Crippen LogP contribution >= 0.6 is 0 Å². The van der Waals surface area contributed by atoms with Crippen molar-refractivity contribution in [2.75, 3.05) is 33.2 Å². The molecule has 1 aromatic carbocycles. The summed E-state index contributed by atoms with van der Waals surface area (Å²) in [6, 6.07) is 11.5. The van der Waals surface area contributed by atoms with E-state index in [0.717, 1.165) is 26.2 Å². The van der Waals surface area contributed by atoms with Crippen LogP contribution in [0.15, 0.2) is 30.3 Å². The molecule has 2 rings (SSSR count). The van der Waals surface area contributed by atoms with Crippen LogP contribution in [0.4, 0.5) is 0 Å². The van der Waals surface area contributed by atoms with Crippen LogP contribution < -0.4 is 5.73 Å². The number of nitrogens with two attached hydrogens (primary N) is 1. The molecular formula is C16H27N3. The number of likely N-dealkylation sites (N-methyl/N-ethyl adjacent to an activating group) is 1.